The summed E-state index contributed by atoms with van der Waals surface area (Å²) in [5, 5.41) is 0. The van der Waals surface area contributed by atoms with Crippen molar-refractivity contribution >= 4 is 7.14 Å². The van der Waals surface area contributed by atoms with E-state index in [9.17, 15) is 8.96 Å². The lowest BCUT2D eigenvalue weighted by atomic mass is 9.96. The molecule has 2 aromatic carbocycles. The van der Waals surface area contributed by atoms with Crippen LogP contribution in [0.5, 0.6) is 5.75 Å². The molecule has 4 nitrogen and oxygen atoms in total. The fourth-order valence-corrected chi connectivity index (χ4v) is 6.99. The average Bonchev–Trinajstić information content (AvgIpc) is 3.71. The lowest BCUT2D eigenvalue weighted by Crippen LogP contribution is -2.36. The van der Waals surface area contributed by atoms with Crippen LogP contribution in [0, 0.1) is 18.7 Å². The summed E-state index contributed by atoms with van der Waals surface area (Å²) < 4.78 is 33.8. The maximum Gasteiger partial charge on any atom is 0.149 e. The van der Waals surface area contributed by atoms with Crippen LogP contribution in [0.3, 0.4) is 0 Å². The topological polar surface area (TPSA) is 42.4 Å². The highest BCUT2D eigenvalue weighted by Gasteiger charge is 2.34. The molecule has 1 atom stereocenters. The number of hydrogen-bond donors (Lipinski definition) is 0. The van der Waals surface area contributed by atoms with Crippen molar-refractivity contribution < 1.29 is 13.7 Å². The van der Waals surface area contributed by atoms with Crippen molar-refractivity contribution in [1.82, 2.24) is 9.88 Å². The number of aromatic nitrogens is 1. The molecular weight excluding hydrogens is 506 g/mol. The Morgan fingerprint density at radius 3 is 2.38 bits per heavy atom. The summed E-state index contributed by atoms with van der Waals surface area (Å²) in [4.78, 5) is 6.54. The average molecular weight is 551 g/mol. The van der Waals surface area contributed by atoms with Gasteiger partial charge in [0.25, 0.3) is 0 Å². The maximum atomic E-state index is 14.9. The van der Waals surface area contributed by atoms with Crippen LogP contribution in [-0.4, -0.2) is 41.5 Å². The van der Waals surface area contributed by atoms with Crippen LogP contribution in [0.25, 0.3) is 11.1 Å². The molecule has 1 aliphatic carbocycles. The zero-order valence-electron chi connectivity index (χ0n) is 24.6. The molecule has 6 heteroatoms. The van der Waals surface area contributed by atoms with Crippen molar-refractivity contribution in [1.29, 1.82) is 0 Å². The first-order valence-corrected chi connectivity index (χ1v) is 17.0. The summed E-state index contributed by atoms with van der Waals surface area (Å²) in [5.41, 5.74) is 5.62. The molecule has 39 heavy (non-hydrogen) atoms. The molecule has 0 radical (unpaired) electrons. The quantitative estimate of drug-likeness (QED) is 0.212. The molecule has 0 amide bonds. The summed E-state index contributed by atoms with van der Waals surface area (Å²) in [7, 11) is -2.12. The molecule has 0 saturated heterocycles. The van der Waals surface area contributed by atoms with Gasteiger partial charge in [0.1, 0.15) is 18.2 Å². The molecule has 1 aliphatic rings. The molecule has 3 aromatic rings. The fraction of sp³-hybridized carbons (Fsp3) is 0.485. The number of hydrogen-bond acceptors (Lipinski definition) is 4. The minimum Gasteiger partial charge on any atom is -0.489 e. The molecule has 210 valence electrons. The Morgan fingerprint density at radius 1 is 1.03 bits per heavy atom. The lowest BCUT2D eigenvalue weighted by Gasteiger charge is -2.31. The number of nitrogens with zero attached hydrogens (tertiary/aromatic N) is 2. The van der Waals surface area contributed by atoms with E-state index < -0.39 is 7.14 Å². The summed E-state index contributed by atoms with van der Waals surface area (Å²) >= 11 is 0. The first kappa shape index (κ1) is 29.5. The number of halogens is 1. The molecule has 0 spiro atoms. The predicted molar refractivity (Wildman–Crippen MR) is 161 cm³/mol. The van der Waals surface area contributed by atoms with Gasteiger partial charge in [0, 0.05) is 36.0 Å². The Kier molecular flexibility index (Phi) is 9.34. The highest BCUT2D eigenvalue weighted by molar-refractivity contribution is 7.62. The Morgan fingerprint density at radius 2 is 1.74 bits per heavy atom. The van der Waals surface area contributed by atoms with Crippen molar-refractivity contribution in [2.24, 2.45) is 5.92 Å². The summed E-state index contributed by atoms with van der Waals surface area (Å²) in [6, 6.07) is 17.1. The van der Waals surface area contributed by atoms with E-state index in [0.717, 1.165) is 34.3 Å². The Labute approximate surface area is 234 Å². The van der Waals surface area contributed by atoms with Gasteiger partial charge < -0.3 is 9.30 Å². The second-order valence-corrected chi connectivity index (χ2v) is 15.7. The molecule has 0 N–H and O–H groups in total. The van der Waals surface area contributed by atoms with E-state index in [1.54, 1.807) is 0 Å². The molecular formula is C33H44FN2O2P. The van der Waals surface area contributed by atoms with Crippen LogP contribution in [0.4, 0.5) is 4.39 Å². The first-order valence-electron chi connectivity index (χ1n) is 14.2. The first-order chi connectivity index (χ1) is 18.4. The zero-order valence-corrected chi connectivity index (χ0v) is 25.5. The normalized spacial score (nSPS) is 14.8. The van der Waals surface area contributed by atoms with E-state index in [0.29, 0.717) is 42.6 Å². The van der Waals surface area contributed by atoms with E-state index in [2.05, 4.69) is 55.8 Å². The minimum absolute atomic E-state index is 0.308. The van der Waals surface area contributed by atoms with Gasteiger partial charge in [-0.05, 0) is 113 Å². The van der Waals surface area contributed by atoms with Crippen LogP contribution in [0.1, 0.15) is 68.8 Å². The van der Waals surface area contributed by atoms with Crippen molar-refractivity contribution in [3.05, 3.63) is 82.9 Å². The van der Waals surface area contributed by atoms with Gasteiger partial charge in [-0.25, -0.2) is 4.39 Å². The van der Waals surface area contributed by atoms with Crippen LogP contribution >= 0.6 is 7.14 Å². The predicted octanol–water partition coefficient (Wildman–Crippen LogP) is 8.51. The van der Waals surface area contributed by atoms with Crippen LogP contribution < -0.4 is 4.74 Å². The smallest absolute Gasteiger partial charge is 0.149 e. The van der Waals surface area contributed by atoms with E-state index in [-0.39, 0.29) is 5.82 Å². The third kappa shape index (κ3) is 8.02. The third-order valence-corrected chi connectivity index (χ3v) is 8.92. The molecule has 1 heterocycles. The van der Waals surface area contributed by atoms with E-state index in [1.165, 1.54) is 24.6 Å². The van der Waals surface area contributed by atoms with E-state index in [4.69, 9.17) is 4.74 Å². The number of rotatable bonds is 12. The van der Waals surface area contributed by atoms with Crippen LogP contribution in [0.15, 0.2) is 54.7 Å². The molecule has 0 bridgehead atoms. The number of aryl methyl sites for hydroxylation is 1. The van der Waals surface area contributed by atoms with Crippen LogP contribution in [0.2, 0.25) is 0 Å². The molecule has 0 unspecified atom stereocenters. The Balaban J connectivity index is 1.60. The number of benzene rings is 2. The largest absolute Gasteiger partial charge is 0.489 e. The van der Waals surface area contributed by atoms with Crippen molar-refractivity contribution in [2.45, 2.75) is 78.6 Å². The van der Waals surface area contributed by atoms with Crippen molar-refractivity contribution in [3.63, 3.8) is 0 Å². The second-order valence-electron chi connectivity index (χ2n) is 12.2. The Hall–Kier alpha value is -2.49. The minimum atomic E-state index is -2.12. The van der Waals surface area contributed by atoms with Crippen molar-refractivity contribution in [3.8, 4) is 16.9 Å². The molecule has 1 aromatic heterocycles. The third-order valence-electron chi connectivity index (χ3n) is 7.65. The standard InChI is InChI=1S/C33H44FN2O2P/c1-22(2)36(23(3)4)19-28-16-25(11-14-30(28)31-15-24(5)35-18-33(31)34)20-38-29-10-8-9-27(17-29)32(26-12-13-26)21-39(6,7)37/h8-11,14-18,22-23,26,32H,12-13,19-21H2,1-7H3/t32-/m0/s1. The molecule has 0 aliphatic heterocycles. The molecule has 4 rings (SSSR count). The highest BCUT2D eigenvalue weighted by Crippen LogP contribution is 2.51. The summed E-state index contributed by atoms with van der Waals surface area (Å²) in [6.45, 7) is 15.6. The number of pyridine rings is 1. The zero-order chi connectivity index (χ0) is 28.3. The van der Waals surface area contributed by atoms with Gasteiger partial charge in [0.15, 0.2) is 0 Å². The molecule has 1 saturated carbocycles. The van der Waals surface area contributed by atoms with Gasteiger partial charge in [0.05, 0.1) is 13.3 Å². The maximum absolute atomic E-state index is 14.9. The van der Waals surface area contributed by atoms with E-state index in [1.807, 2.05) is 50.6 Å². The Bertz CT molecular complexity index is 1320. The van der Waals surface area contributed by atoms with E-state index >= 15 is 0 Å². The summed E-state index contributed by atoms with van der Waals surface area (Å²) in [6.07, 6.45) is 4.49. The summed E-state index contributed by atoms with van der Waals surface area (Å²) in [5.74, 6) is 1.48. The SMILES string of the molecule is Cc1cc(-c2ccc(COc3cccc([C@@H](CP(C)(C)=O)C4CC4)c3)cc2CN(C(C)C)C(C)C)c(F)cn1. The molecule has 1 fully saturated rings. The van der Waals surface area contributed by atoms with Crippen molar-refractivity contribution in [2.75, 3.05) is 19.5 Å². The monoisotopic (exact) mass is 550 g/mol. The lowest BCUT2D eigenvalue weighted by molar-refractivity contribution is 0.166. The van der Waals surface area contributed by atoms with Crippen LogP contribution in [-0.2, 0) is 17.7 Å². The van der Waals surface area contributed by atoms with Gasteiger partial charge in [-0.3, -0.25) is 9.88 Å². The van der Waals surface area contributed by atoms with Gasteiger partial charge in [-0.1, -0.05) is 30.3 Å². The second kappa shape index (κ2) is 12.4. The highest BCUT2D eigenvalue weighted by atomic mass is 31.2. The number of ether oxygens (including phenoxy) is 1. The van der Waals surface area contributed by atoms with Gasteiger partial charge in [-0.2, -0.15) is 0 Å². The van der Waals surface area contributed by atoms with Gasteiger partial charge in [0.2, 0.25) is 0 Å². The van der Waals surface area contributed by atoms with Gasteiger partial charge in [-0.15, -0.1) is 0 Å². The van der Waals surface area contributed by atoms with Gasteiger partial charge >= 0.3 is 0 Å². The fourth-order valence-electron chi connectivity index (χ4n) is 5.54.